The molecule has 2 aliphatic heterocycles. The number of halogens is 1. The lowest BCUT2D eigenvalue weighted by Gasteiger charge is -2.44. The molecule has 3 heterocycles. The van der Waals surface area contributed by atoms with Gasteiger partial charge in [-0.25, -0.2) is 9.78 Å². The second-order valence-corrected chi connectivity index (χ2v) is 7.30. The molecular formula is C17H21ClN2O3. The van der Waals surface area contributed by atoms with Crippen LogP contribution in [-0.4, -0.2) is 46.9 Å². The topological polar surface area (TPSA) is 51.7 Å². The third-order valence-corrected chi connectivity index (χ3v) is 4.12. The van der Waals surface area contributed by atoms with Gasteiger partial charge >= 0.3 is 6.09 Å². The summed E-state index contributed by atoms with van der Waals surface area (Å²) in [6, 6.07) is 3.62. The Morgan fingerprint density at radius 1 is 1.39 bits per heavy atom. The van der Waals surface area contributed by atoms with Crippen molar-refractivity contribution in [3.05, 3.63) is 35.1 Å². The third-order valence-electron chi connectivity index (χ3n) is 3.90. The quantitative estimate of drug-likeness (QED) is 0.736. The van der Waals surface area contributed by atoms with E-state index in [-0.39, 0.29) is 18.2 Å². The van der Waals surface area contributed by atoms with E-state index >= 15 is 0 Å². The van der Waals surface area contributed by atoms with Crippen LogP contribution < -0.4 is 0 Å². The molecule has 1 amide bonds. The minimum Gasteiger partial charge on any atom is -0.444 e. The molecule has 1 aromatic rings. The molecule has 2 bridgehead atoms. The third kappa shape index (κ3) is 3.67. The lowest BCUT2D eigenvalue weighted by Crippen LogP contribution is -2.57. The van der Waals surface area contributed by atoms with Crippen LogP contribution in [0.15, 0.2) is 24.4 Å². The van der Waals surface area contributed by atoms with Crippen molar-refractivity contribution in [2.24, 2.45) is 0 Å². The van der Waals surface area contributed by atoms with Gasteiger partial charge in [0, 0.05) is 6.20 Å². The minimum absolute atomic E-state index is 0.0146. The van der Waals surface area contributed by atoms with Crippen LogP contribution in [0.1, 0.15) is 32.8 Å². The molecule has 0 aromatic carbocycles. The summed E-state index contributed by atoms with van der Waals surface area (Å²) in [7, 11) is 0. The smallest absolute Gasteiger partial charge is 0.411 e. The lowest BCUT2D eigenvalue weighted by atomic mass is 9.91. The van der Waals surface area contributed by atoms with Gasteiger partial charge in [-0.05, 0) is 44.4 Å². The van der Waals surface area contributed by atoms with Crippen LogP contribution in [0.5, 0.6) is 0 Å². The number of morpholine rings is 1. The van der Waals surface area contributed by atoms with Gasteiger partial charge in [0.1, 0.15) is 10.8 Å². The molecule has 2 aliphatic rings. The zero-order valence-electron chi connectivity index (χ0n) is 13.6. The largest absolute Gasteiger partial charge is 0.444 e. The van der Waals surface area contributed by atoms with E-state index in [9.17, 15) is 4.79 Å². The fourth-order valence-corrected chi connectivity index (χ4v) is 3.09. The average molecular weight is 337 g/mol. The standard InChI is InChI=1S/C17H21ClN2O3/c1-17(2,3)23-16(21)20-13-6-12(7-14(20)10-22-9-13)11-4-5-15(18)19-8-11/h4-6,8,13-14H,7,9-10H2,1-3H3. The number of rotatable bonds is 1. The monoisotopic (exact) mass is 336 g/mol. The van der Waals surface area contributed by atoms with Gasteiger partial charge in [0.2, 0.25) is 0 Å². The molecular weight excluding hydrogens is 316 g/mol. The number of nitrogens with zero attached hydrogens (tertiary/aromatic N) is 2. The number of hydrogen-bond donors (Lipinski definition) is 0. The highest BCUT2D eigenvalue weighted by Crippen LogP contribution is 2.33. The number of pyridine rings is 1. The Kier molecular flexibility index (Phi) is 4.34. The van der Waals surface area contributed by atoms with Crippen LogP contribution in [0.2, 0.25) is 5.15 Å². The Labute approximate surface area is 141 Å². The fraction of sp³-hybridized carbons (Fsp3) is 0.529. The molecule has 0 aliphatic carbocycles. The van der Waals surface area contributed by atoms with Crippen LogP contribution in [0.25, 0.3) is 5.57 Å². The molecule has 0 N–H and O–H groups in total. The average Bonchev–Trinajstić information content (AvgIpc) is 2.44. The Hall–Kier alpha value is -1.59. The van der Waals surface area contributed by atoms with E-state index in [0.717, 1.165) is 12.0 Å². The zero-order chi connectivity index (χ0) is 16.6. The van der Waals surface area contributed by atoms with Gasteiger partial charge in [0.25, 0.3) is 0 Å². The molecule has 6 heteroatoms. The Morgan fingerprint density at radius 2 is 2.17 bits per heavy atom. The maximum absolute atomic E-state index is 12.5. The first kappa shape index (κ1) is 16.3. The highest BCUT2D eigenvalue weighted by Gasteiger charge is 2.40. The number of carbonyl (C=O) groups is 1. The van der Waals surface area contributed by atoms with Gasteiger partial charge in [-0.15, -0.1) is 0 Å². The molecule has 1 saturated heterocycles. The Morgan fingerprint density at radius 3 is 2.78 bits per heavy atom. The molecule has 0 saturated carbocycles. The number of ether oxygens (including phenoxy) is 2. The highest BCUT2D eigenvalue weighted by molar-refractivity contribution is 6.29. The van der Waals surface area contributed by atoms with Crippen LogP contribution in [-0.2, 0) is 9.47 Å². The highest BCUT2D eigenvalue weighted by atomic mass is 35.5. The molecule has 0 radical (unpaired) electrons. The first-order chi connectivity index (χ1) is 10.8. The van der Waals surface area contributed by atoms with E-state index in [2.05, 4.69) is 11.1 Å². The van der Waals surface area contributed by atoms with Crippen molar-refractivity contribution in [1.29, 1.82) is 0 Å². The molecule has 1 aromatic heterocycles. The predicted molar refractivity (Wildman–Crippen MR) is 88.3 cm³/mol. The van der Waals surface area contributed by atoms with E-state index in [4.69, 9.17) is 21.1 Å². The molecule has 3 rings (SSSR count). The van der Waals surface area contributed by atoms with Crippen molar-refractivity contribution in [2.75, 3.05) is 13.2 Å². The van der Waals surface area contributed by atoms with E-state index in [1.54, 1.807) is 12.3 Å². The molecule has 1 fully saturated rings. The minimum atomic E-state index is -0.504. The number of hydrogen-bond acceptors (Lipinski definition) is 4. The van der Waals surface area contributed by atoms with E-state index < -0.39 is 5.60 Å². The predicted octanol–water partition coefficient (Wildman–Crippen LogP) is 3.53. The molecule has 2 unspecified atom stereocenters. The summed E-state index contributed by atoms with van der Waals surface area (Å²) >= 11 is 5.85. The van der Waals surface area contributed by atoms with Gasteiger partial charge in [-0.3, -0.25) is 4.90 Å². The maximum Gasteiger partial charge on any atom is 0.411 e. The van der Waals surface area contributed by atoms with Crippen molar-refractivity contribution < 1.29 is 14.3 Å². The summed E-state index contributed by atoms with van der Waals surface area (Å²) in [5, 5.41) is 0.476. The molecule has 2 atom stereocenters. The normalized spacial score (nSPS) is 24.2. The molecule has 124 valence electrons. The van der Waals surface area contributed by atoms with Crippen molar-refractivity contribution >= 4 is 23.3 Å². The van der Waals surface area contributed by atoms with Crippen LogP contribution in [0.4, 0.5) is 4.79 Å². The number of fused-ring (bicyclic) bond motifs is 2. The fourth-order valence-electron chi connectivity index (χ4n) is 2.97. The van der Waals surface area contributed by atoms with Crippen LogP contribution >= 0.6 is 11.6 Å². The SMILES string of the molecule is CC(C)(C)OC(=O)N1C2C=C(c3ccc(Cl)nc3)CC1COC2. The first-order valence-electron chi connectivity index (χ1n) is 7.75. The Balaban J connectivity index is 1.84. The Bertz CT molecular complexity index is 622. The van der Waals surface area contributed by atoms with Crippen molar-refractivity contribution in [3.8, 4) is 0 Å². The lowest BCUT2D eigenvalue weighted by molar-refractivity contribution is -0.0510. The first-order valence-corrected chi connectivity index (χ1v) is 8.13. The van der Waals surface area contributed by atoms with Gasteiger partial charge in [0.15, 0.2) is 0 Å². The summed E-state index contributed by atoms with van der Waals surface area (Å²) < 4.78 is 11.2. The molecule has 23 heavy (non-hydrogen) atoms. The van der Waals surface area contributed by atoms with Crippen LogP contribution in [0, 0.1) is 0 Å². The maximum atomic E-state index is 12.5. The van der Waals surface area contributed by atoms with E-state index in [0.29, 0.717) is 18.4 Å². The van der Waals surface area contributed by atoms with Crippen LogP contribution in [0.3, 0.4) is 0 Å². The van der Waals surface area contributed by atoms with Gasteiger partial charge < -0.3 is 9.47 Å². The van der Waals surface area contributed by atoms with Gasteiger partial charge in [-0.1, -0.05) is 23.7 Å². The van der Waals surface area contributed by atoms with E-state index in [1.807, 2.05) is 31.7 Å². The number of carbonyl (C=O) groups excluding carboxylic acids is 1. The van der Waals surface area contributed by atoms with Crippen molar-refractivity contribution in [3.63, 3.8) is 0 Å². The van der Waals surface area contributed by atoms with Gasteiger partial charge in [0.05, 0.1) is 25.3 Å². The number of aromatic nitrogens is 1. The zero-order valence-corrected chi connectivity index (χ0v) is 14.3. The van der Waals surface area contributed by atoms with Crippen molar-refractivity contribution in [1.82, 2.24) is 9.88 Å². The molecule has 0 spiro atoms. The summed E-state index contributed by atoms with van der Waals surface area (Å²) in [6.45, 7) is 6.64. The van der Waals surface area contributed by atoms with E-state index in [1.165, 1.54) is 5.57 Å². The summed E-state index contributed by atoms with van der Waals surface area (Å²) in [5.74, 6) is 0. The van der Waals surface area contributed by atoms with Crippen molar-refractivity contribution in [2.45, 2.75) is 44.9 Å². The number of amides is 1. The summed E-state index contributed by atoms with van der Waals surface area (Å²) in [4.78, 5) is 18.5. The molecule has 5 nitrogen and oxygen atoms in total. The second-order valence-electron chi connectivity index (χ2n) is 6.91. The summed E-state index contributed by atoms with van der Waals surface area (Å²) in [5.41, 5.74) is 1.71. The summed E-state index contributed by atoms with van der Waals surface area (Å²) in [6.07, 6.45) is 4.29. The second kappa shape index (κ2) is 6.13. The van der Waals surface area contributed by atoms with Gasteiger partial charge in [-0.2, -0.15) is 0 Å².